The van der Waals surface area contributed by atoms with Crippen LogP contribution in [0.3, 0.4) is 0 Å². The molecule has 2 atom stereocenters. The molecule has 1 aromatic carbocycles. The first kappa shape index (κ1) is 20.8. The van der Waals surface area contributed by atoms with Gasteiger partial charge in [-0.1, -0.05) is 20.8 Å². The molecule has 2 fully saturated rings. The summed E-state index contributed by atoms with van der Waals surface area (Å²) in [6, 6.07) is 3.88. The first-order valence-electron chi connectivity index (χ1n) is 10.5. The average molecular weight is 414 g/mol. The van der Waals surface area contributed by atoms with E-state index in [2.05, 4.69) is 20.8 Å². The highest BCUT2D eigenvalue weighted by atomic mass is 16.5. The molecule has 0 radical (unpaired) electrons. The predicted molar refractivity (Wildman–Crippen MR) is 115 cm³/mol. The van der Waals surface area contributed by atoms with E-state index in [0.29, 0.717) is 22.6 Å². The van der Waals surface area contributed by atoms with Crippen molar-refractivity contribution in [2.75, 3.05) is 20.8 Å². The molecule has 6 heteroatoms. The Labute approximate surface area is 177 Å². The minimum Gasteiger partial charge on any atom is -0.493 e. The number of nitrogens with zero attached hydrogens (tertiary/aromatic N) is 1. The van der Waals surface area contributed by atoms with Crippen molar-refractivity contribution in [1.82, 2.24) is 4.90 Å². The Morgan fingerprint density at radius 3 is 2.60 bits per heavy atom. The Morgan fingerprint density at radius 1 is 1.20 bits per heavy atom. The van der Waals surface area contributed by atoms with E-state index in [1.54, 1.807) is 6.07 Å². The van der Waals surface area contributed by atoms with Crippen LogP contribution in [0.5, 0.6) is 11.5 Å². The van der Waals surface area contributed by atoms with E-state index in [0.717, 1.165) is 36.8 Å². The summed E-state index contributed by atoms with van der Waals surface area (Å²) >= 11 is 0. The highest BCUT2D eigenvalue weighted by Gasteiger charge is 2.50. The second-order valence-electron chi connectivity index (χ2n) is 10.1. The SMILES string of the molecule is COc1ccc2c(C)c(CC(=O)N3C[C@]4(C)C[C@@H]3CC(C)(C)C4)c(=O)oc2c1OC. The Hall–Kier alpha value is -2.50. The van der Waals surface area contributed by atoms with Crippen LogP contribution in [-0.2, 0) is 11.2 Å². The third-order valence-corrected chi connectivity index (χ3v) is 6.86. The van der Waals surface area contributed by atoms with Crippen molar-refractivity contribution < 1.29 is 18.7 Å². The topological polar surface area (TPSA) is 69.0 Å². The van der Waals surface area contributed by atoms with E-state index >= 15 is 0 Å². The summed E-state index contributed by atoms with van der Waals surface area (Å²) in [7, 11) is 3.05. The summed E-state index contributed by atoms with van der Waals surface area (Å²) in [5.41, 5.74) is 1.43. The first-order chi connectivity index (χ1) is 14.1. The van der Waals surface area contributed by atoms with Gasteiger partial charge in [-0.15, -0.1) is 0 Å². The number of fused-ring (bicyclic) bond motifs is 3. The van der Waals surface area contributed by atoms with Crippen LogP contribution in [0.2, 0.25) is 0 Å². The van der Waals surface area contributed by atoms with Gasteiger partial charge in [0.05, 0.1) is 26.2 Å². The van der Waals surface area contributed by atoms with Crippen LogP contribution in [0.15, 0.2) is 21.3 Å². The van der Waals surface area contributed by atoms with E-state index in [1.165, 1.54) is 14.2 Å². The van der Waals surface area contributed by atoms with E-state index in [4.69, 9.17) is 13.9 Å². The molecule has 2 heterocycles. The molecule has 1 saturated heterocycles. The summed E-state index contributed by atoms with van der Waals surface area (Å²) in [5, 5.41) is 0.753. The molecule has 0 N–H and O–H groups in total. The van der Waals surface area contributed by atoms with E-state index in [-0.39, 0.29) is 29.2 Å². The van der Waals surface area contributed by atoms with Gasteiger partial charge in [-0.25, -0.2) is 4.79 Å². The lowest BCUT2D eigenvalue weighted by Crippen LogP contribution is -2.39. The van der Waals surface area contributed by atoms with Gasteiger partial charge < -0.3 is 18.8 Å². The number of carbonyl (C=O) groups is 1. The largest absolute Gasteiger partial charge is 0.493 e. The molecule has 1 aliphatic heterocycles. The van der Waals surface area contributed by atoms with Crippen LogP contribution in [0.4, 0.5) is 0 Å². The van der Waals surface area contributed by atoms with Crippen LogP contribution in [0.1, 0.15) is 51.2 Å². The maximum atomic E-state index is 13.3. The molecule has 162 valence electrons. The lowest BCUT2D eigenvalue weighted by molar-refractivity contribution is -0.131. The van der Waals surface area contributed by atoms with E-state index in [9.17, 15) is 9.59 Å². The van der Waals surface area contributed by atoms with Gasteiger partial charge in [-0.2, -0.15) is 0 Å². The number of methoxy groups -OCH3 is 2. The second-order valence-corrected chi connectivity index (χ2v) is 10.1. The molecular formula is C24H31NO5. The van der Waals surface area contributed by atoms with Crippen molar-refractivity contribution in [2.24, 2.45) is 10.8 Å². The van der Waals surface area contributed by atoms with Gasteiger partial charge in [0.2, 0.25) is 11.7 Å². The summed E-state index contributed by atoms with van der Waals surface area (Å²) in [6.07, 6.45) is 3.24. The van der Waals surface area contributed by atoms with Crippen molar-refractivity contribution in [3.05, 3.63) is 33.7 Å². The van der Waals surface area contributed by atoms with Crippen molar-refractivity contribution in [2.45, 2.75) is 59.4 Å². The molecule has 2 aromatic rings. The Morgan fingerprint density at radius 2 is 1.93 bits per heavy atom. The molecule has 1 aromatic heterocycles. The van der Waals surface area contributed by atoms with Gasteiger partial charge >= 0.3 is 5.63 Å². The number of likely N-dealkylation sites (tertiary alicyclic amines) is 1. The van der Waals surface area contributed by atoms with Gasteiger partial charge in [-0.05, 0) is 54.7 Å². The van der Waals surface area contributed by atoms with Crippen LogP contribution in [0, 0.1) is 17.8 Å². The summed E-state index contributed by atoms with van der Waals surface area (Å²) < 4.78 is 16.3. The zero-order chi connectivity index (χ0) is 21.8. The number of hydrogen-bond acceptors (Lipinski definition) is 5. The minimum atomic E-state index is -0.492. The van der Waals surface area contributed by atoms with Crippen LogP contribution >= 0.6 is 0 Å². The molecular weight excluding hydrogens is 382 g/mol. The van der Waals surface area contributed by atoms with Gasteiger partial charge in [0, 0.05) is 18.0 Å². The molecule has 30 heavy (non-hydrogen) atoms. The standard InChI is InChI=1S/C24H31NO5/c1-14-16-7-8-18(28-5)21(29-6)20(16)30-22(27)17(14)9-19(26)25-13-24(4)11-15(25)10-23(2,3)12-24/h7-8,15H,9-13H2,1-6H3/t15-,24+/m0/s1. The normalized spacial score (nSPS) is 24.9. The molecule has 0 spiro atoms. The molecule has 0 unspecified atom stereocenters. The monoisotopic (exact) mass is 413 g/mol. The van der Waals surface area contributed by atoms with Crippen LogP contribution in [0.25, 0.3) is 11.0 Å². The van der Waals surface area contributed by atoms with Gasteiger partial charge in [0.25, 0.3) is 0 Å². The van der Waals surface area contributed by atoms with Gasteiger partial charge in [0.1, 0.15) is 0 Å². The Balaban J connectivity index is 1.68. The van der Waals surface area contributed by atoms with E-state index < -0.39 is 5.63 Å². The van der Waals surface area contributed by atoms with Crippen LogP contribution < -0.4 is 15.1 Å². The third kappa shape index (κ3) is 3.36. The molecule has 1 amide bonds. The molecule has 2 aliphatic rings. The minimum absolute atomic E-state index is 0.0108. The predicted octanol–water partition coefficient (Wildman–Crippen LogP) is 4.09. The Bertz CT molecular complexity index is 1070. The molecule has 1 saturated carbocycles. The zero-order valence-electron chi connectivity index (χ0n) is 18.8. The third-order valence-electron chi connectivity index (χ3n) is 6.86. The maximum absolute atomic E-state index is 13.3. The Kier molecular flexibility index (Phi) is 4.87. The number of ether oxygens (including phenoxy) is 2. The number of aryl methyl sites for hydroxylation is 1. The molecule has 4 rings (SSSR count). The molecule has 6 nitrogen and oxygen atoms in total. The highest BCUT2D eigenvalue weighted by Crippen LogP contribution is 2.52. The highest BCUT2D eigenvalue weighted by molar-refractivity contribution is 5.90. The number of hydrogen-bond donors (Lipinski definition) is 0. The summed E-state index contributed by atoms with van der Waals surface area (Å²) in [4.78, 5) is 28.1. The fourth-order valence-corrected chi connectivity index (χ4v) is 5.97. The number of rotatable bonds is 4. The van der Waals surface area contributed by atoms with Gasteiger partial charge in [-0.3, -0.25) is 4.79 Å². The number of benzene rings is 1. The summed E-state index contributed by atoms with van der Waals surface area (Å²) in [6.45, 7) is 9.48. The van der Waals surface area contributed by atoms with Crippen molar-refractivity contribution >= 4 is 16.9 Å². The van der Waals surface area contributed by atoms with Crippen LogP contribution in [-0.4, -0.2) is 37.6 Å². The van der Waals surface area contributed by atoms with Crippen molar-refractivity contribution in [3.8, 4) is 11.5 Å². The second kappa shape index (κ2) is 7.03. The quantitative estimate of drug-likeness (QED) is 0.706. The molecule has 1 aliphatic carbocycles. The lowest BCUT2D eigenvalue weighted by Gasteiger charge is -2.39. The first-order valence-corrected chi connectivity index (χ1v) is 10.5. The molecule has 2 bridgehead atoms. The fourth-order valence-electron chi connectivity index (χ4n) is 5.97. The van der Waals surface area contributed by atoms with E-state index in [1.807, 2.05) is 17.9 Å². The number of carbonyl (C=O) groups excluding carboxylic acids is 1. The van der Waals surface area contributed by atoms with Crippen molar-refractivity contribution in [3.63, 3.8) is 0 Å². The average Bonchev–Trinajstić information content (AvgIpc) is 2.92. The maximum Gasteiger partial charge on any atom is 0.340 e. The van der Waals surface area contributed by atoms with Crippen molar-refractivity contribution in [1.29, 1.82) is 0 Å². The lowest BCUT2D eigenvalue weighted by atomic mass is 9.65. The number of amides is 1. The summed E-state index contributed by atoms with van der Waals surface area (Å²) in [5.74, 6) is 0.893. The smallest absolute Gasteiger partial charge is 0.340 e. The fraction of sp³-hybridized carbons (Fsp3) is 0.583. The zero-order valence-corrected chi connectivity index (χ0v) is 18.8. The van der Waals surface area contributed by atoms with Gasteiger partial charge in [0.15, 0.2) is 11.3 Å².